The lowest BCUT2D eigenvalue weighted by Crippen LogP contribution is -2.01. The third-order valence-corrected chi connectivity index (χ3v) is 8.56. The molecule has 2 heteroatoms. The molecular weight excluding hydrogens is 544 g/mol. The van der Waals surface area contributed by atoms with Crippen molar-refractivity contribution in [2.75, 3.05) is 0 Å². The van der Waals surface area contributed by atoms with Crippen LogP contribution in [-0.2, 0) is 0 Å². The van der Waals surface area contributed by atoms with E-state index < -0.39 is 0 Å². The molecule has 0 saturated heterocycles. The van der Waals surface area contributed by atoms with Crippen molar-refractivity contribution in [3.8, 4) is 22.5 Å². The highest BCUT2D eigenvalue weighted by Gasteiger charge is 2.20. The lowest BCUT2D eigenvalue weighted by Gasteiger charge is -2.18. The largest absolute Gasteiger partial charge is 0.228 e. The Balaban J connectivity index is 1.59. The molecule has 0 bridgehead atoms. The second-order valence-electron chi connectivity index (χ2n) is 11.0. The minimum Gasteiger partial charge on any atom is -0.228 e. The van der Waals surface area contributed by atoms with Gasteiger partial charge in [0.15, 0.2) is 5.82 Å². The predicted octanol–water partition coefficient (Wildman–Crippen LogP) is 11.8. The SMILES string of the molecule is C=C/C=C(\C=C)c1cc(/C(C=C)=C/C)nc(-c2c3ccccc3c(-c3ccc4ccc5ccccc5c4c3)c3ccccc23)n1. The first-order valence-corrected chi connectivity index (χ1v) is 15.1. The quantitative estimate of drug-likeness (QED) is 0.107. The molecule has 0 amide bonds. The fourth-order valence-electron chi connectivity index (χ4n) is 6.45. The summed E-state index contributed by atoms with van der Waals surface area (Å²) in [6.07, 6.45) is 9.35. The van der Waals surface area contributed by atoms with Gasteiger partial charge in [-0.05, 0) is 84.4 Å². The fraction of sp³-hybridized carbons (Fsp3) is 0.0233. The van der Waals surface area contributed by atoms with E-state index in [1.54, 1.807) is 6.08 Å². The summed E-state index contributed by atoms with van der Waals surface area (Å²) in [6.45, 7) is 14.0. The molecule has 0 fully saturated rings. The minimum absolute atomic E-state index is 0.656. The molecule has 1 aromatic heterocycles. The van der Waals surface area contributed by atoms with E-state index in [4.69, 9.17) is 9.97 Å². The van der Waals surface area contributed by atoms with E-state index in [1.165, 1.54) is 32.7 Å². The smallest absolute Gasteiger partial charge is 0.161 e. The molecule has 0 aliphatic heterocycles. The number of benzene rings is 6. The van der Waals surface area contributed by atoms with Crippen LogP contribution in [0, 0.1) is 0 Å². The average Bonchev–Trinajstić information content (AvgIpc) is 3.09. The van der Waals surface area contributed by atoms with Gasteiger partial charge in [-0.3, -0.25) is 0 Å². The number of nitrogens with zero attached hydrogens (tertiary/aromatic N) is 2. The molecule has 45 heavy (non-hydrogen) atoms. The topological polar surface area (TPSA) is 25.8 Å². The van der Waals surface area contributed by atoms with Crippen LogP contribution in [0.25, 0.3) is 76.8 Å². The Hall–Kier alpha value is -5.86. The molecule has 214 valence electrons. The molecule has 1 heterocycles. The summed E-state index contributed by atoms with van der Waals surface area (Å²) in [7, 11) is 0. The van der Waals surface area contributed by atoms with Crippen LogP contribution in [0.4, 0.5) is 0 Å². The van der Waals surface area contributed by atoms with E-state index in [0.29, 0.717) is 5.82 Å². The fourth-order valence-corrected chi connectivity index (χ4v) is 6.45. The number of hydrogen-bond donors (Lipinski definition) is 0. The van der Waals surface area contributed by atoms with E-state index in [0.717, 1.165) is 49.6 Å². The van der Waals surface area contributed by atoms with Crippen molar-refractivity contribution in [2.24, 2.45) is 0 Å². The van der Waals surface area contributed by atoms with Crippen molar-refractivity contribution in [3.05, 3.63) is 171 Å². The third kappa shape index (κ3) is 4.77. The molecule has 6 aromatic carbocycles. The van der Waals surface area contributed by atoms with Crippen LogP contribution in [0.5, 0.6) is 0 Å². The summed E-state index contributed by atoms with van der Waals surface area (Å²) in [6, 6.07) is 39.1. The Kier molecular flexibility index (Phi) is 7.25. The van der Waals surface area contributed by atoms with Gasteiger partial charge in [0.05, 0.1) is 11.4 Å². The van der Waals surface area contributed by atoms with Crippen LogP contribution in [-0.4, -0.2) is 9.97 Å². The van der Waals surface area contributed by atoms with Crippen LogP contribution in [0.15, 0.2) is 159 Å². The lowest BCUT2D eigenvalue weighted by atomic mass is 9.87. The van der Waals surface area contributed by atoms with Crippen LogP contribution in [0.1, 0.15) is 18.3 Å². The summed E-state index contributed by atoms with van der Waals surface area (Å²) in [5, 5.41) is 9.48. The standard InChI is InChI=1S/C43H32N2/c1-5-15-29(8-4)40-27-39(28(6-2)7-3)44-43(45-40)42-36-20-13-11-18-34(36)41(35-19-12-14-21-37(35)42)32-25-24-31-23-22-30-16-9-10-17-33(30)38(31)26-32/h5-27H,1-2,4H2,3H3/b28-7+,29-15+. The normalized spacial score (nSPS) is 12.2. The summed E-state index contributed by atoms with van der Waals surface area (Å²) in [4.78, 5) is 10.3. The van der Waals surface area contributed by atoms with Gasteiger partial charge in [0, 0.05) is 5.56 Å². The molecule has 7 rings (SSSR count). The van der Waals surface area contributed by atoms with Crippen molar-refractivity contribution in [2.45, 2.75) is 6.92 Å². The highest BCUT2D eigenvalue weighted by Crippen LogP contribution is 2.44. The number of allylic oxidation sites excluding steroid dienone is 7. The van der Waals surface area contributed by atoms with Gasteiger partial charge < -0.3 is 0 Å². The summed E-state index contributed by atoms with van der Waals surface area (Å²) >= 11 is 0. The summed E-state index contributed by atoms with van der Waals surface area (Å²) in [5.41, 5.74) is 6.79. The zero-order valence-electron chi connectivity index (χ0n) is 25.3. The van der Waals surface area contributed by atoms with E-state index in [2.05, 4.69) is 123 Å². The summed E-state index contributed by atoms with van der Waals surface area (Å²) in [5.74, 6) is 0.656. The van der Waals surface area contributed by atoms with Crippen molar-refractivity contribution in [1.82, 2.24) is 9.97 Å². The minimum atomic E-state index is 0.656. The Labute approximate surface area is 263 Å². The first kappa shape index (κ1) is 27.9. The highest BCUT2D eigenvalue weighted by atomic mass is 14.9. The van der Waals surface area contributed by atoms with Crippen molar-refractivity contribution in [1.29, 1.82) is 0 Å². The predicted molar refractivity (Wildman–Crippen MR) is 195 cm³/mol. The van der Waals surface area contributed by atoms with Crippen LogP contribution >= 0.6 is 0 Å². The maximum Gasteiger partial charge on any atom is 0.161 e. The number of hydrogen-bond acceptors (Lipinski definition) is 2. The molecule has 0 aliphatic rings. The second-order valence-corrected chi connectivity index (χ2v) is 11.0. The lowest BCUT2D eigenvalue weighted by molar-refractivity contribution is 1.14. The van der Waals surface area contributed by atoms with Gasteiger partial charge in [-0.15, -0.1) is 0 Å². The Morgan fingerprint density at radius 1 is 0.533 bits per heavy atom. The molecule has 0 radical (unpaired) electrons. The van der Waals surface area contributed by atoms with Gasteiger partial charge >= 0.3 is 0 Å². The monoisotopic (exact) mass is 576 g/mol. The van der Waals surface area contributed by atoms with Gasteiger partial charge in [-0.1, -0.05) is 147 Å². The molecule has 0 atom stereocenters. The molecule has 2 nitrogen and oxygen atoms in total. The molecule has 0 N–H and O–H groups in total. The van der Waals surface area contributed by atoms with Crippen LogP contribution < -0.4 is 0 Å². The molecular formula is C43H32N2. The molecule has 0 aliphatic carbocycles. The molecule has 7 aromatic rings. The Morgan fingerprint density at radius 2 is 1.04 bits per heavy atom. The Morgan fingerprint density at radius 3 is 1.62 bits per heavy atom. The van der Waals surface area contributed by atoms with Crippen LogP contribution in [0.3, 0.4) is 0 Å². The molecule has 0 unspecified atom stereocenters. The zero-order valence-corrected chi connectivity index (χ0v) is 25.3. The number of fused-ring (bicyclic) bond motifs is 5. The number of aromatic nitrogens is 2. The Bertz CT molecular complexity index is 2330. The highest BCUT2D eigenvalue weighted by molar-refractivity contribution is 6.21. The van der Waals surface area contributed by atoms with Crippen molar-refractivity contribution in [3.63, 3.8) is 0 Å². The third-order valence-electron chi connectivity index (χ3n) is 8.56. The van der Waals surface area contributed by atoms with Gasteiger partial charge in [-0.2, -0.15) is 0 Å². The maximum atomic E-state index is 5.16. The summed E-state index contributed by atoms with van der Waals surface area (Å²) < 4.78 is 0. The van der Waals surface area contributed by atoms with Crippen molar-refractivity contribution < 1.29 is 0 Å². The zero-order chi connectivity index (χ0) is 30.9. The molecule has 0 saturated carbocycles. The van der Waals surface area contributed by atoms with Crippen molar-refractivity contribution >= 4 is 54.2 Å². The van der Waals surface area contributed by atoms with E-state index in [-0.39, 0.29) is 0 Å². The van der Waals surface area contributed by atoms with E-state index in [9.17, 15) is 0 Å². The second kappa shape index (κ2) is 11.7. The van der Waals surface area contributed by atoms with Gasteiger partial charge in [-0.25, -0.2) is 9.97 Å². The van der Waals surface area contributed by atoms with Crippen LogP contribution in [0.2, 0.25) is 0 Å². The average molecular weight is 577 g/mol. The number of rotatable bonds is 7. The first-order chi connectivity index (χ1) is 22.1. The maximum absolute atomic E-state index is 5.16. The van der Waals surface area contributed by atoms with E-state index in [1.807, 2.05) is 37.3 Å². The first-order valence-electron chi connectivity index (χ1n) is 15.1. The van der Waals surface area contributed by atoms with E-state index >= 15 is 0 Å². The van der Waals surface area contributed by atoms with Gasteiger partial charge in [0.1, 0.15) is 0 Å². The van der Waals surface area contributed by atoms with Gasteiger partial charge in [0.25, 0.3) is 0 Å². The molecule has 0 spiro atoms. The van der Waals surface area contributed by atoms with Gasteiger partial charge in [0.2, 0.25) is 0 Å².